The zero-order chi connectivity index (χ0) is 11.9. The first-order valence-electron chi connectivity index (χ1n) is 6.62. The van der Waals surface area contributed by atoms with E-state index in [-0.39, 0.29) is 37.2 Å². The van der Waals surface area contributed by atoms with Crippen molar-refractivity contribution in [3.8, 4) is 0 Å². The lowest BCUT2D eigenvalue weighted by atomic mass is 10.2. The number of rotatable bonds is 5. The molecule has 1 aromatic carbocycles. The summed E-state index contributed by atoms with van der Waals surface area (Å²) in [5, 5.41) is 0. The Balaban J connectivity index is 0. The molecule has 0 unspecified atom stereocenters. The highest BCUT2D eigenvalue weighted by atomic mass is 35.5. The maximum absolute atomic E-state index is 5.52. The molecular weight excluding hydrogens is 317 g/mol. The van der Waals surface area contributed by atoms with Crippen LogP contribution in [0.1, 0.15) is 12.8 Å². The van der Waals surface area contributed by atoms with Gasteiger partial charge in [0, 0.05) is 31.9 Å². The van der Waals surface area contributed by atoms with Crippen LogP contribution in [0.4, 0.5) is 5.69 Å². The molecule has 0 radical (unpaired) electrons. The zero-order valence-electron chi connectivity index (χ0n) is 11.7. The van der Waals surface area contributed by atoms with Crippen LogP contribution in [0, 0.1) is 0 Å². The van der Waals surface area contributed by atoms with E-state index in [1.54, 1.807) is 0 Å². The van der Waals surface area contributed by atoms with Gasteiger partial charge in [-0.05, 0) is 38.1 Å². The highest BCUT2D eigenvalue weighted by Crippen LogP contribution is 2.15. The summed E-state index contributed by atoms with van der Waals surface area (Å²) < 4.78 is 0. The van der Waals surface area contributed by atoms with E-state index in [1.807, 2.05) is 0 Å². The fourth-order valence-electron chi connectivity index (χ4n) is 2.35. The molecule has 118 valence electrons. The fourth-order valence-corrected chi connectivity index (χ4v) is 2.35. The van der Waals surface area contributed by atoms with E-state index < -0.39 is 0 Å². The van der Waals surface area contributed by atoms with Gasteiger partial charge in [0.1, 0.15) is 0 Å². The molecule has 1 saturated heterocycles. The molecule has 0 aliphatic carbocycles. The minimum absolute atomic E-state index is 0. The smallest absolute Gasteiger partial charge is 0.0367 e. The highest BCUT2D eigenvalue weighted by molar-refractivity contribution is 5.86. The van der Waals surface area contributed by atoms with Crippen LogP contribution < -0.4 is 10.6 Å². The van der Waals surface area contributed by atoms with Crippen molar-refractivity contribution in [3.05, 3.63) is 30.3 Å². The van der Waals surface area contributed by atoms with Crippen molar-refractivity contribution in [2.24, 2.45) is 5.73 Å². The van der Waals surface area contributed by atoms with Gasteiger partial charge in [-0.1, -0.05) is 18.2 Å². The van der Waals surface area contributed by atoms with Gasteiger partial charge in [0.05, 0.1) is 0 Å². The molecule has 0 spiro atoms. The van der Waals surface area contributed by atoms with Gasteiger partial charge in [0.15, 0.2) is 0 Å². The van der Waals surface area contributed by atoms with Gasteiger partial charge in [0.25, 0.3) is 0 Å². The van der Waals surface area contributed by atoms with Crippen LogP contribution in [0.2, 0.25) is 0 Å². The van der Waals surface area contributed by atoms with Crippen molar-refractivity contribution in [3.63, 3.8) is 0 Å². The molecule has 0 saturated carbocycles. The number of para-hydroxylation sites is 1. The number of nitrogens with two attached hydrogens (primary N) is 1. The van der Waals surface area contributed by atoms with Gasteiger partial charge in [-0.25, -0.2) is 0 Å². The maximum atomic E-state index is 5.52. The second-order valence-corrected chi connectivity index (χ2v) is 4.66. The van der Waals surface area contributed by atoms with Crippen molar-refractivity contribution < 1.29 is 0 Å². The number of hydrogen-bond acceptors (Lipinski definition) is 3. The summed E-state index contributed by atoms with van der Waals surface area (Å²) in [6, 6.07) is 10.7. The van der Waals surface area contributed by atoms with E-state index in [9.17, 15) is 0 Å². The standard InChI is InChI=1S/C14H23N3.3ClH/c15-8-4-5-9-16-10-12-17(13-11-16)14-6-2-1-3-7-14;;;/h1-3,6-7H,4-5,8-13,15H2;3*1H. The summed E-state index contributed by atoms with van der Waals surface area (Å²) in [5.41, 5.74) is 6.87. The fraction of sp³-hybridized carbons (Fsp3) is 0.571. The summed E-state index contributed by atoms with van der Waals surface area (Å²) in [4.78, 5) is 5.02. The monoisotopic (exact) mass is 341 g/mol. The largest absolute Gasteiger partial charge is 0.369 e. The summed E-state index contributed by atoms with van der Waals surface area (Å²) in [6.07, 6.45) is 2.39. The summed E-state index contributed by atoms with van der Waals surface area (Å²) in [6.45, 7) is 6.68. The Bertz CT molecular complexity index is 317. The van der Waals surface area contributed by atoms with Crippen LogP contribution in [-0.4, -0.2) is 44.2 Å². The van der Waals surface area contributed by atoms with Crippen LogP contribution in [-0.2, 0) is 0 Å². The number of nitrogens with zero attached hydrogens (tertiary/aromatic N) is 2. The van der Waals surface area contributed by atoms with Crippen LogP contribution in [0.5, 0.6) is 0 Å². The van der Waals surface area contributed by atoms with E-state index in [0.717, 1.165) is 26.1 Å². The Morgan fingerprint density at radius 1 is 0.850 bits per heavy atom. The molecule has 1 aliphatic rings. The Morgan fingerprint density at radius 3 is 2.00 bits per heavy atom. The van der Waals surface area contributed by atoms with Gasteiger partial charge in [0.2, 0.25) is 0 Å². The third kappa shape index (κ3) is 7.00. The Morgan fingerprint density at radius 2 is 1.45 bits per heavy atom. The topological polar surface area (TPSA) is 32.5 Å². The molecule has 1 aliphatic heterocycles. The molecule has 2 rings (SSSR count). The minimum Gasteiger partial charge on any atom is -0.369 e. The molecule has 3 nitrogen and oxygen atoms in total. The summed E-state index contributed by atoms with van der Waals surface area (Å²) >= 11 is 0. The molecule has 1 heterocycles. The molecule has 6 heteroatoms. The third-order valence-corrected chi connectivity index (χ3v) is 3.42. The summed E-state index contributed by atoms with van der Waals surface area (Å²) in [5.74, 6) is 0. The Kier molecular flexibility index (Phi) is 13.9. The Hall–Kier alpha value is -0.190. The van der Waals surface area contributed by atoms with E-state index in [2.05, 4.69) is 40.1 Å². The minimum atomic E-state index is 0. The molecule has 0 amide bonds. The average molecular weight is 343 g/mol. The number of piperazine rings is 1. The average Bonchev–Trinajstić information content (AvgIpc) is 2.41. The lowest BCUT2D eigenvalue weighted by Crippen LogP contribution is -2.46. The molecule has 1 aromatic rings. The van der Waals surface area contributed by atoms with Crippen LogP contribution in [0.15, 0.2) is 30.3 Å². The number of benzene rings is 1. The van der Waals surface area contributed by atoms with Crippen LogP contribution >= 0.6 is 37.2 Å². The zero-order valence-corrected chi connectivity index (χ0v) is 14.2. The predicted octanol–water partition coefficient (Wildman–Crippen LogP) is 2.81. The van der Waals surface area contributed by atoms with Crippen LogP contribution in [0.3, 0.4) is 0 Å². The Labute approximate surface area is 141 Å². The van der Waals surface area contributed by atoms with Crippen LogP contribution in [0.25, 0.3) is 0 Å². The third-order valence-electron chi connectivity index (χ3n) is 3.42. The van der Waals surface area contributed by atoms with Gasteiger partial charge in [-0.3, -0.25) is 4.90 Å². The normalized spacial score (nSPS) is 14.8. The molecular formula is C14H26Cl3N3. The SMILES string of the molecule is Cl.Cl.Cl.NCCCCN1CCN(c2ccccc2)CC1. The molecule has 0 atom stereocenters. The number of hydrogen-bond donors (Lipinski definition) is 1. The van der Waals surface area contributed by atoms with Crippen molar-refractivity contribution in [1.82, 2.24) is 4.90 Å². The first-order valence-corrected chi connectivity index (χ1v) is 6.62. The molecule has 0 bridgehead atoms. The maximum Gasteiger partial charge on any atom is 0.0367 e. The van der Waals surface area contributed by atoms with E-state index in [4.69, 9.17) is 5.73 Å². The predicted molar refractivity (Wildman–Crippen MR) is 95.1 cm³/mol. The number of unbranched alkanes of at least 4 members (excludes halogenated alkanes) is 1. The van der Waals surface area contributed by atoms with E-state index in [0.29, 0.717) is 0 Å². The second kappa shape index (κ2) is 12.5. The highest BCUT2D eigenvalue weighted by Gasteiger charge is 2.16. The van der Waals surface area contributed by atoms with Gasteiger partial charge in [-0.2, -0.15) is 0 Å². The quantitative estimate of drug-likeness (QED) is 0.835. The van der Waals surface area contributed by atoms with Gasteiger partial charge < -0.3 is 10.6 Å². The molecule has 20 heavy (non-hydrogen) atoms. The lowest BCUT2D eigenvalue weighted by molar-refractivity contribution is 0.253. The van der Waals surface area contributed by atoms with Crippen molar-refractivity contribution in [2.75, 3.05) is 44.2 Å². The molecule has 1 fully saturated rings. The lowest BCUT2D eigenvalue weighted by Gasteiger charge is -2.36. The van der Waals surface area contributed by atoms with Crippen molar-refractivity contribution >= 4 is 42.9 Å². The molecule has 2 N–H and O–H groups in total. The number of halogens is 3. The van der Waals surface area contributed by atoms with E-state index >= 15 is 0 Å². The first-order chi connectivity index (χ1) is 8.40. The molecule has 0 aromatic heterocycles. The van der Waals surface area contributed by atoms with Crippen molar-refractivity contribution in [1.29, 1.82) is 0 Å². The number of anilines is 1. The first kappa shape index (κ1) is 22.1. The summed E-state index contributed by atoms with van der Waals surface area (Å²) in [7, 11) is 0. The van der Waals surface area contributed by atoms with Crippen molar-refractivity contribution in [2.45, 2.75) is 12.8 Å². The van der Waals surface area contributed by atoms with Gasteiger partial charge in [-0.15, -0.1) is 37.2 Å². The van der Waals surface area contributed by atoms with Gasteiger partial charge >= 0.3 is 0 Å². The van der Waals surface area contributed by atoms with E-state index in [1.165, 1.54) is 31.7 Å². The second-order valence-electron chi connectivity index (χ2n) is 4.66.